The van der Waals surface area contributed by atoms with Gasteiger partial charge in [0.25, 0.3) is 0 Å². The average Bonchev–Trinajstić information content (AvgIpc) is 2.86. The molecule has 0 atom stereocenters. The van der Waals surface area contributed by atoms with Gasteiger partial charge in [-0.25, -0.2) is 9.36 Å². The summed E-state index contributed by atoms with van der Waals surface area (Å²) in [5.74, 6) is 0.278. The first kappa shape index (κ1) is 16.6. The van der Waals surface area contributed by atoms with Crippen LogP contribution in [0.25, 0.3) is 11.4 Å². The predicted molar refractivity (Wildman–Crippen MR) is 82.6 cm³/mol. The van der Waals surface area contributed by atoms with Crippen molar-refractivity contribution < 1.29 is 18.8 Å². The van der Waals surface area contributed by atoms with Gasteiger partial charge in [0.15, 0.2) is 17.3 Å². The Morgan fingerprint density at radius 3 is 2.61 bits per heavy atom. The molecule has 0 saturated heterocycles. The van der Waals surface area contributed by atoms with Crippen LogP contribution in [0.3, 0.4) is 0 Å². The van der Waals surface area contributed by atoms with Gasteiger partial charge in [0, 0.05) is 11.6 Å². The lowest BCUT2D eigenvalue weighted by molar-refractivity contribution is -0.122. The largest absolute Gasteiger partial charge is 0.493 e. The van der Waals surface area contributed by atoms with Crippen molar-refractivity contribution in [2.45, 2.75) is 26.4 Å². The highest BCUT2D eigenvalue weighted by Crippen LogP contribution is 2.31. The molecule has 2 rings (SSSR count). The molecule has 1 N–H and O–H groups in total. The maximum Gasteiger partial charge on any atom is 0.442 e. The van der Waals surface area contributed by atoms with E-state index in [-0.39, 0.29) is 24.3 Å². The second kappa shape index (κ2) is 6.99. The van der Waals surface area contributed by atoms with E-state index in [1.165, 1.54) is 18.8 Å². The predicted octanol–water partition coefficient (Wildman–Crippen LogP) is 1.05. The lowest BCUT2D eigenvalue weighted by Crippen LogP contribution is -2.35. The summed E-state index contributed by atoms with van der Waals surface area (Å²) in [6.07, 6.45) is 0. The molecule has 0 radical (unpaired) electrons. The fraction of sp³-hybridized carbons (Fsp3) is 0.400. The molecule has 2 aromatic rings. The lowest BCUT2D eigenvalue weighted by atomic mass is 10.2. The minimum absolute atomic E-state index is 0.0254. The normalized spacial score (nSPS) is 10.7. The van der Waals surface area contributed by atoms with E-state index >= 15 is 0 Å². The Morgan fingerprint density at radius 2 is 2.00 bits per heavy atom. The summed E-state index contributed by atoms with van der Waals surface area (Å²) in [7, 11) is 3.04. The number of ether oxygens (including phenoxy) is 2. The third kappa shape index (κ3) is 3.71. The molecule has 0 aliphatic heterocycles. The number of amides is 1. The van der Waals surface area contributed by atoms with Crippen LogP contribution in [0.4, 0.5) is 0 Å². The number of nitrogens with one attached hydrogen (secondary N) is 1. The van der Waals surface area contributed by atoms with Gasteiger partial charge in [0.1, 0.15) is 6.54 Å². The zero-order valence-electron chi connectivity index (χ0n) is 13.5. The zero-order chi connectivity index (χ0) is 17.0. The van der Waals surface area contributed by atoms with Crippen LogP contribution in [0.2, 0.25) is 0 Å². The summed E-state index contributed by atoms with van der Waals surface area (Å²) < 4.78 is 16.3. The van der Waals surface area contributed by atoms with E-state index in [9.17, 15) is 9.59 Å². The summed E-state index contributed by atoms with van der Waals surface area (Å²) in [5.41, 5.74) is 0.575. The molecule has 1 heterocycles. The quantitative estimate of drug-likeness (QED) is 0.854. The van der Waals surface area contributed by atoms with Gasteiger partial charge in [0.2, 0.25) is 5.91 Å². The van der Waals surface area contributed by atoms with Gasteiger partial charge in [-0.3, -0.25) is 9.32 Å². The Labute approximate surface area is 133 Å². The number of carbonyl (C=O) groups excluding carboxylic acids is 1. The van der Waals surface area contributed by atoms with E-state index in [2.05, 4.69) is 10.5 Å². The molecular formula is C15H19N3O5. The molecule has 124 valence electrons. The van der Waals surface area contributed by atoms with Crippen molar-refractivity contribution in [2.75, 3.05) is 14.2 Å². The Hall–Kier alpha value is -2.77. The molecule has 23 heavy (non-hydrogen) atoms. The fourth-order valence-corrected chi connectivity index (χ4v) is 2.10. The van der Waals surface area contributed by atoms with Crippen LogP contribution in [0.1, 0.15) is 13.8 Å². The number of benzene rings is 1. The van der Waals surface area contributed by atoms with Crippen molar-refractivity contribution in [3.63, 3.8) is 0 Å². The summed E-state index contributed by atoms with van der Waals surface area (Å²) in [4.78, 5) is 23.7. The Morgan fingerprint density at radius 1 is 1.30 bits per heavy atom. The summed E-state index contributed by atoms with van der Waals surface area (Å²) in [5, 5.41) is 6.46. The molecule has 1 aromatic carbocycles. The number of aromatic nitrogens is 2. The third-order valence-electron chi connectivity index (χ3n) is 3.08. The number of nitrogens with zero attached hydrogens (tertiary/aromatic N) is 2. The van der Waals surface area contributed by atoms with Crippen LogP contribution in [0.15, 0.2) is 27.5 Å². The number of methoxy groups -OCH3 is 2. The number of carbonyl (C=O) groups is 1. The first-order valence-corrected chi connectivity index (χ1v) is 7.04. The first-order valence-electron chi connectivity index (χ1n) is 7.04. The molecule has 0 aliphatic rings. The van der Waals surface area contributed by atoms with Gasteiger partial charge in [-0.2, -0.15) is 0 Å². The van der Waals surface area contributed by atoms with Gasteiger partial charge in [-0.1, -0.05) is 5.16 Å². The number of rotatable bonds is 6. The van der Waals surface area contributed by atoms with Gasteiger partial charge in [-0.15, -0.1) is 0 Å². The molecule has 0 fully saturated rings. The zero-order valence-corrected chi connectivity index (χ0v) is 13.5. The second-order valence-corrected chi connectivity index (χ2v) is 5.15. The summed E-state index contributed by atoms with van der Waals surface area (Å²) in [6.45, 7) is 3.50. The van der Waals surface area contributed by atoms with Crippen molar-refractivity contribution in [3.05, 3.63) is 28.7 Å². The highest BCUT2D eigenvalue weighted by molar-refractivity contribution is 5.76. The molecule has 0 unspecified atom stereocenters. The van der Waals surface area contributed by atoms with E-state index in [1.54, 1.807) is 18.2 Å². The van der Waals surface area contributed by atoms with E-state index in [0.29, 0.717) is 17.1 Å². The smallest absolute Gasteiger partial charge is 0.442 e. The van der Waals surface area contributed by atoms with Gasteiger partial charge in [-0.05, 0) is 32.0 Å². The Balaban J connectivity index is 2.38. The average molecular weight is 321 g/mol. The van der Waals surface area contributed by atoms with E-state index in [4.69, 9.17) is 14.0 Å². The minimum Gasteiger partial charge on any atom is -0.493 e. The molecule has 0 aliphatic carbocycles. The van der Waals surface area contributed by atoms with Crippen molar-refractivity contribution in [1.29, 1.82) is 0 Å². The summed E-state index contributed by atoms with van der Waals surface area (Å²) in [6, 6.07) is 5.02. The third-order valence-corrected chi connectivity index (χ3v) is 3.08. The van der Waals surface area contributed by atoms with Crippen LogP contribution < -0.4 is 20.5 Å². The van der Waals surface area contributed by atoms with Crippen LogP contribution in [0.5, 0.6) is 11.5 Å². The molecule has 8 heteroatoms. The van der Waals surface area contributed by atoms with Crippen LogP contribution in [0, 0.1) is 0 Å². The van der Waals surface area contributed by atoms with Gasteiger partial charge in [0.05, 0.1) is 14.2 Å². The van der Waals surface area contributed by atoms with Crippen molar-refractivity contribution in [2.24, 2.45) is 0 Å². The molecule has 0 saturated carbocycles. The van der Waals surface area contributed by atoms with Crippen LogP contribution in [-0.4, -0.2) is 35.9 Å². The molecule has 1 aromatic heterocycles. The molecule has 0 spiro atoms. The molecule has 0 bridgehead atoms. The fourth-order valence-electron chi connectivity index (χ4n) is 2.10. The van der Waals surface area contributed by atoms with Crippen molar-refractivity contribution in [3.8, 4) is 22.9 Å². The summed E-state index contributed by atoms with van der Waals surface area (Å²) >= 11 is 0. The van der Waals surface area contributed by atoms with Gasteiger partial charge >= 0.3 is 5.76 Å². The highest BCUT2D eigenvalue weighted by Gasteiger charge is 2.17. The Bertz CT molecular complexity index is 748. The van der Waals surface area contributed by atoms with E-state index in [0.717, 1.165) is 0 Å². The minimum atomic E-state index is -0.700. The lowest BCUT2D eigenvalue weighted by Gasteiger charge is -2.11. The molecule has 8 nitrogen and oxygen atoms in total. The maximum atomic E-state index is 11.9. The van der Waals surface area contributed by atoms with Crippen molar-refractivity contribution >= 4 is 5.91 Å². The topological polar surface area (TPSA) is 95.6 Å². The van der Waals surface area contributed by atoms with Gasteiger partial charge < -0.3 is 14.8 Å². The SMILES string of the molecule is COc1ccc(-c2noc(=O)n2CC(=O)NC(C)C)cc1OC. The first-order chi connectivity index (χ1) is 11.0. The van der Waals surface area contributed by atoms with E-state index < -0.39 is 5.76 Å². The van der Waals surface area contributed by atoms with Crippen LogP contribution in [-0.2, 0) is 11.3 Å². The van der Waals surface area contributed by atoms with E-state index in [1.807, 2.05) is 13.8 Å². The monoisotopic (exact) mass is 321 g/mol. The second-order valence-electron chi connectivity index (χ2n) is 5.15. The standard InChI is InChI=1S/C15H19N3O5/c1-9(2)16-13(19)8-18-14(17-23-15(18)20)10-5-6-11(21-3)12(7-10)22-4/h5-7,9H,8H2,1-4H3,(H,16,19). The number of hydrogen-bond acceptors (Lipinski definition) is 6. The molecular weight excluding hydrogens is 302 g/mol. The maximum absolute atomic E-state index is 11.9. The molecule has 1 amide bonds. The van der Waals surface area contributed by atoms with Crippen molar-refractivity contribution in [1.82, 2.24) is 15.0 Å². The Kier molecular flexibility index (Phi) is 5.05. The number of hydrogen-bond donors (Lipinski definition) is 1. The van der Waals surface area contributed by atoms with Crippen LogP contribution >= 0.6 is 0 Å². The highest BCUT2D eigenvalue weighted by atomic mass is 16.5.